The van der Waals surface area contributed by atoms with E-state index >= 15 is 0 Å². The molecule has 0 spiro atoms. The molecule has 1 N–H and O–H groups in total. The number of hydrogen-bond donors (Lipinski definition) is 1. The van der Waals surface area contributed by atoms with E-state index in [0.717, 1.165) is 16.5 Å². The van der Waals surface area contributed by atoms with E-state index in [9.17, 15) is 9.18 Å². The Hall–Kier alpha value is -3.45. The smallest absolute Gasteiger partial charge is 0.234 e. The van der Waals surface area contributed by atoms with Crippen LogP contribution in [0.5, 0.6) is 0 Å². The van der Waals surface area contributed by atoms with Gasteiger partial charge in [0.15, 0.2) is 11.0 Å². The average molecular weight is 418 g/mol. The Bertz CT molecular complexity index is 1220. The Kier molecular flexibility index (Phi) is 5.90. The molecule has 0 saturated heterocycles. The van der Waals surface area contributed by atoms with Gasteiger partial charge in [-0.3, -0.25) is 9.36 Å². The molecular weight excluding hydrogens is 399 g/mol. The van der Waals surface area contributed by atoms with Crippen molar-refractivity contribution in [1.82, 2.24) is 14.8 Å². The van der Waals surface area contributed by atoms with E-state index in [1.165, 1.54) is 17.8 Å². The van der Waals surface area contributed by atoms with Gasteiger partial charge in [0.05, 0.1) is 11.3 Å². The molecule has 30 heavy (non-hydrogen) atoms. The normalized spacial score (nSPS) is 10.8. The lowest BCUT2D eigenvalue weighted by Gasteiger charge is -2.09. The second-order valence-electron chi connectivity index (χ2n) is 6.58. The fourth-order valence-electron chi connectivity index (χ4n) is 3.13. The molecule has 0 atom stereocenters. The minimum absolute atomic E-state index is 0.152. The molecule has 0 radical (unpaired) electrons. The minimum Gasteiger partial charge on any atom is -0.325 e. The van der Waals surface area contributed by atoms with Gasteiger partial charge in [-0.05, 0) is 35.0 Å². The van der Waals surface area contributed by atoms with Crippen molar-refractivity contribution < 1.29 is 9.18 Å². The molecule has 5 nitrogen and oxygen atoms in total. The van der Waals surface area contributed by atoms with Crippen LogP contribution in [0.25, 0.3) is 22.2 Å². The molecule has 7 heteroatoms. The molecule has 1 amide bonds. The molecule has 0 bridgehead atoms. The molecule has 0 aliphatic carbocycles. The van der Waals surface area contributed by atoms with E-state index in [1.807, 2.05) is 42.5 Å². The Morgan fingerprint density at radius 1 is 1.07 bits per heavy atom. The lowest BCUT2D eigenvalue weighted by atomic mass is 10.1. The molecule has 0 aliphatic heterocycles. The fraction of sp³-hybridized carbons (Fsp3) is 0.0870. The number of nitrogens with one attached hydrogen (secondary N) is 1. The zero-order valence-electron chi connectivity index (χ0n) is 16.1. The maximum atomic E-state index is 14.2. The molecule has 1 heterocycles. The number of benzene rings is 3. The number of fused-ring (bicyclic) bond motifs is 1. The first-order valence-corrected chi connectivity index (χ1v) is 10.3. The molecular formula is C23H19FN4OS. The molecule has 1 aromatic heterocycles. The average Bonchev–Trinajstić information content (AvgIpc) is 3.15. The second-order valence-corrected chi connectivity index (χ2v) is 7.53. The number of anilines is 1. The highest BCUT2D eigenvalue weighted by molar-refractivity contribution is 7.99. The van der Waals surface area contributed by atoms with Gasteiger partial charge in [0.2, 0.25) is 5.91 Å². The van der Waals surface area contributed by atoms with Gasteiger partial charge in [0, 0.05) is 12.2 Å². The number of amides is 1. The van der Waals surface area contributed by atoms with Gasteiger partial charge in [-0.2, -0.15) is 0 Å². The van der Waals surface area contributed by atoms with E-state index in [4.69, 9.17) is 0 Å². The van der Waals surface area contributed by atoms with Crippen molar-refractivity contribution in [2.75, 3.05) is 11.1 Å². The van der Waals surface area contributed by atoms with Crippen LogP contribution < -0.4 is 5.32 Å². The third kappa shape index (κ3) is 4.26. The molecule has 3 aromatic carbocycles. The number of rotatable bonds is 7. The van der Waals surface area contributed by atoms with E-state index < -0.39 is 0 Å². The van der Waals surface area contributed by atoms with Crippen molar-refractivity contribution in [2.45, 2.75) is 11.7 Å². The number of halogens is 1. The summed E-state index contributed by atoms with van der Waals surface area (Å²) < 4.78 is 15.9. The SMILES string of the molecule is C=CCn1c(SCC(=O)Nc2ccc3ccccc3c2)nnc1-c1ccccc1F. The van der Waals surface area contributed by atoms with Gasteiger partial charge in [0.25, 0.3) is 0 Å². The first-order valence-electron chi connectivity index (χ1n) is 9.36. The van der Waals surface area contributed by atoms with Crippen LogP contribution in [0.1, 0.15) is 0 Å². The van der Waals surface area contributed by atoms with E-state index in [0.29, 0.717) is 23.1 Å². The highest BCUT2D eigenvalue weighted by Gasteiger charge is 2.17. The zero-order valence-corrected chi connectivity index (χ0v) is 16.9. The van der Waals surface area contributed by atoms with Crippen LogP contribution >= 0.6 is 11.8 Å². The van der Waals surface area contributed by atoms with E-state index in [2.05, 4.69) is 22.1 Å². The standard InChI is InChI=1S/C23H19FN4OS/c1-2-13-28-22(19-9-5-6-10-20(19)24)26-27-23(28)30-15-21(29)25-18-12-11-16-7-3-4-8-17(16)14-18/h2-12,14H,1,13,15H2,(H,25,29). The number of carbonyl (C=O) groups excluding carboxylic acids is 1. The minimum atomic E-state index is -0.374. The monoisotopic (exact) mass is 418 g/mol. The number of hydrogen-bond acceptors (Lipinski definition) is 4. The fourth-order valence-corrected chi connectivity index (χ4v) is 3.87. The highest BCUT2D eigenvalue weighted by Crippen LogP contribution is 2.26. The first kappa shape index (κ1) is 19.8. The number of aromatic nitrogens is 3. The van der Waals surface area contributed by atoms with E-state index in [1.54, 1.807) is 28.8 Å². The molecule has 0 aliphatic rings. The van der Waals surface area contributed by atoms with Gasteiger partial charge in [-0.25, -0.2) is 4.39 Å². The molecule has 0 fully saturated rings. The summed E-state index contributed by atoms with van der Waals surface area (Å²) >= 11 is 1.25. The zero-order chi connectivity index (χ0) is 20.9. The molecule has 4 aromatic rings. The largest absolute Gasteiger partial charge is 0.325 e. The number of allylic oxidation sites excluding steroid dienone is 1. The van der Waals surface area contributed by atoms with Crippen molar-refractivity contribution in [2.24, 2.45) is 0 Å². The highest BCUT2D eigenvalue weighted by atomic mass is 32.2. The van der Waals surface area contributed by atoms with Crippen molar-refractivity contribution in [3.05, 3.63) is 85.2 Å². The van der Waals surface area contributed by atoms with Crippen molar-refractivity contribution in [3.63, 3.8) is 0 Å². The van der Waals surface area contributed by atoms with Crippen molar-refractivity contribution in [3.8, 4) is 11.4 Å². The molecule has 150 valence electrons. The summed E-state index contributed by atoms with van der Waals surface area (Å²) in [5.74, 6) is 0.0291. The summed E-state index contributed by atoms with van der Waals surface area (Å²) in [6.07, 6.45) is 1.69. The maximum absolute atomic E-state index is 14.2. The first-order chi connectivity index (χ1) is 14.7. The topological polar surface area (TPSA) is 59.8 Å². The van der Waals surface area contributed by atoms with Crippen LogP contribution in [0.4, 0.5) is 10.1 Å². The summed E-state index contributed by atoms with van der Waals surface area (Å²) in [5.41, 5.74) is 1.10. The third-order valence-corrected chi connectivity index (χ3v) is 5.48. The lowest BCUT2D eigenvalue weighted by Crippen LogP contribution is -2.14. The van der Waals surface area contributed by atoms with E-state index in [-0.39, 0.29) is 17.5 Å². The molecule has 0 unspecified atom stereocenters. The van der Waals surface area contributed by atoms with Gasteiger partial charge < -0.3 is 5.32 Å². The number of thioether (sulfide) groups is 1. The number of carbonyl (C=O) groups is 1. The molecule has 4 rings (SSSR count). The third-order valence-electron chi connectivity index (χ3n) is 4.51. The van der Waals surface area contributed by atoms with Crippen LogP contribution in [0, 0.1) is 5.82 Å². The summed E-state index contributed by atoms with van der Waals surface area (Å²) in [5, 5.41) is 13.9. The van der Waals surface area contributed by atoms with Gasteiger partial charge in [0.1, 0.15) is 5.82 Å². The van der Waals surface area contributed by atoms with Gasteiger partial charge in [-0.15, -0.1) is 16.8 Å². The van der Waals surface area contributed by atoms with Gasteiger partial charge >= 0.3 is 0 Å². The predicted octanol–water partition coefficient (Wildman–Crippen LogP) is 5.15. The van der Waals surface area contributed by atoms with Crippen molar-refractivity contribution >= 4 is 34.1 Å². The van der Waals surface area contributed by atoms with Gasteiger partial charge in [-0.1, -0.05) is 60.3 Å². The lowest BCUT2D eigenvalue weighted by molar-refractivity contribution is -0.113. The van der Waals surface area contributed by atoms with Crippen LogP contribution in [-0.4, -0.2) is 26.4 Å². The Morgan fingerprint density at radius 3 is 2.63 bits per heavy atom. The summed E-state index contributed by atoms with van der Waals surface area (Å²) in [4.78, 5) is 12.5. The molecule has 0 saturated carbocycles. The Balaban J connectivity index is 1.48. The maximum Gasteiger partial charge on any atom is 0.234 e. The summed E-state index contributed by atoms with van der Waals surface area (Å²) in [7, 11) is 0. The number of nitrogens with zero attached hydrogens (tertiary/aromatic N) is 3. The second kappa shape index (κ2) is 8.92. The summed E-state index contributed by atoms with van der Waals surface area (Å²) in [6, 6.07) is 20.2. The Morgan fingerprint density at radius 2 is 1.83 bits per heavy atom. The van der Waals surface area contributed by atoms with Crippen LogP contribution in [0.3, 0.4) is 0 Å². The van der Waals surface area contributed by atoms with Crippen molar-refractivity contribution in [1.29, 1.82) is 0 Å². The quantitative estimate of drug-likeness (QED) is 0.333. The Labute approximate surface area is 177 Å². The van der Waals surface area contributed by atoms with Crippen LogP contribution in [0.2, 0.25) is 0 Å². The van der Waals surface area contributed by atoms with Crippen LogP contribution in [-0.2, 0) is 11.3 Å². The van der Waals surface area contributed by atoms with Crippen LogP contribution in [0.15, 0.2) is 84.5 Å². The summed E-state index contributed by atoms with van der Waals surface area (Å²) in [6.45, 7) is 4.16. The predicted molar refractivity (Wildman–Crippen MR) is 119 cm³/mol.